The van der Waals surface area contributed by atoms with Crippen molar-refractivity contribution in [2.45, 2.75) is 24.7 Å². The Morgan fingerprint density at radius 3 is 2.55 bits per heavy atom. The van der Waals surface area contributed by atoms with Crippen LogP contribution >= 0.6 is 27.3 Å². The van der Waals surface area contributed by atoms with E-state index >= 15 is 0 Å². The molecule has 0 bridgehead atoms. The number of aromatic nitrogens is 4. The number of rotatable bonds is 7. The van der Waals surface area contributed by atoms with Crippen molar-refractivity contribution in [1.29, 1.82) is 0 Å². The minimum atomic E-state index is -3.73. The van der Waals surface area contributed by atoms with Crippen LogP contribution in [0.1, 0.15) is 19.8 Å². The molecule has 1 N–H and O–H groups in total. The highest BCUT2D eigenvalue weighted by atomic mass is 79.9. The number of nitrogens with zero attached hydrogens (tertiary/aromatic N) is 4. The lowest BCUT2D eigenvalue weighted by molar-refractivity contribution is 0.589. The molecule has 0 fully saturated rings. The third kappa shape index (κ3) is 3.79. The molecule has 2 aromatic carbocycles. The molecule has 0 unspecified atom stereocenters. The Morgan fingerprint density at radius 2 is 1.90 bits per heavy atom. The zero-order valence-electron chi connectivity index (χ0n) is 15.5. The van der Waals surface area contributed by atoms with Crippen LogP contribution in [0.5, 0.6) is 0 Å². The van der Waals surface area contributed by atoms with Gasteiger partial charge in [-0.15, -0.1) is 21.5 Å². The van der Waals surface area contributed by atoms with Crippen molar-refractivity contribution >= 4 is 52.4 Å². The molecule has 0 atom stereocenters. The second kappa shape index (κ2) is 8.21. The first kappa shape index (κ1) is 20.0. The Bertz CT molecular complexity index is 1220. The van der Waals surface area contributed by atoms with Crippen LogP contribution in [0.3, 0.4) is 0 Å². The number of hydrogen-bond donors (Lipinski definition) is 1. The van der Waals surface area contributed by atoms with E-state index in [1.54, 1.807) is 24.3 Å². The summed E-state index contributed by atoms with van der Waals surface area (Å²) in [5.41, 5.74) is 0.695. The van der Waals surface area contributed by atoms with E-state index < -0.39 is 10.0 Å². The standard InChI is InChI=1S/C19H18BrN5O2S2/c1-2-3-12-25(19-17(20)15-6-4-5-7-16(15)28-19)29(26,27)14-10-8-13(9-11-14)18-21-23-24-22-18/h4-11H,2-3,12H2,1H3,(H,21,22,23,24). The molecule has 0 radical (unpaired) electrons. The smallest absolute Gasteiger partial charge is 0.256 e. The molecule has 0 saturated carbocycles. The van der Waals surface area contributed by atoms with Crippen LogP contribution in [-0.2, 0) is 10.0 Å². The Hall–Kier alpha value is -2.30. The zero-order chi connectivity index (χ0) is 20.4. The maximum absolute atomic E-state index is 13.5. The van der Waals surface area contributed by atoms with Crippen LogP contribution in [0.2, 0.25) is 0 Å². The topological polar surface area (TPSA) is 91.8 Å². The largest absolute Gasteiger partial charge is 0.264 e. The lowest BCUT2D eigenvalue weighted by Gasteiger charge is -2.23. The van der Waals surface area contributed by atoms with E-state index in [9.17, 15) is 8.42 Å². The van der Waals surface area contributed by atoms with Crippen molar-refractivity contribution in [2.24, 2.45) is 0 Å². The molecule has 10 heteroatoms. The number of thiophene rings is 1. The molecule has 4 rings (SSSR count). The van der Waals surface area contributed by atoms with E-state index in [0.29, 0.717) is 22.9 Å². The van der Waals surface area contributed by atoms with E-state index in [0.717, 1.165) is 27.4 Å². The molecule has 7 nitrogen and oxygen atoms in total. The average Bonchev–Trinajstić information content (AvgIpc) is 3.38. The second-order valence-corrected chi connectivity index (χ2v) is 10.1. The highest BCUT2D eigenvalue weighted by Gasteiger charge is 2.28. The van der Waals surface area contributed by atoms with Gasteiger partial charge in [-0.1, -0.05) is 31.5 Å². The van der Waals surface area contributed by atoms with Crippen molar-refractivity contribution in [2.75, 3.05) is 10.8 Å². The zero-order valence-corrected chi connectivity index (χ0v) is 18.8. The Labute approximate surface area is 180 Å². The Balaban J connectivity index is 1.76. The van der Waals surface area contributed by atoms with Crippen LogP contribution in [-0.4, -0.2) is 35.6 Å². The van der Waals surface area contributed by atoms with Crippen LogP contribution in [0.25, 0.3) is 21.5 Å². The summed E-state index contributed by atoms with van der Waals surface area (Å²) in [6.07, 6.45) is 1.66. The number of anilines is 1. The summed E-state index contributed by atoms with van der Waals surface area (Å²) >= 11 is 5.10. The SMILES string of the molecule is CCCCN(c1sc2ccccc2c1Br)S(=O)(=O)c1ccc(-c2nn[nH]n2)cc1. The number of tetrazole rings is 1. The number of halogens is 1. The summed E-state index contributed by atoms with van der Waals surface area (Å²) in [7, 11) is -3.73. The van der Waals surface area contributed by atoms with E-state index in [2.05, 4.69) is 36.6 Å². The van der Waals surface area contributed by atoms with Gasteiger partial charge in [0.1, 0.15) is 5.00 Å². The highest BCUT2D eigenvalue weighted by Crippen LogP contribution is 2.43. The maximum Gasteiger partial charge on any atom is 0.264 e. The minimum Gasteiger partial charge on any atom is -0.256 e. The number of aromatic amines is 1. The maximum atomic E-state index is 13.5. The first-order chi connectivity index (χ1) is 14.0. The fourth-order valence-electron chi connectivity index (χ4n) is 2.98. The van der Waals surface area contributed by atoms with Gasteiger partial charge in [0.25, 0.3) is 10.0 Å². The van der Waals surface area contributed by atoms with Gasteiger partial charge in [-0.25, -0.2) is 8.42 Å². The molecule has 29 heavy (non-hydrogen) atoms. The van der Waals surface area contributed by atoms with Crippen molar-refractivity contribution in [1.82, 2.24) is 20.6 Å². The molecular formula is C19H18BrN5O2S2. The summed E-state index contributed by atoms with van der Waals surface area (Å²) in [6, 6.07) is 14.4. The third-order valence-corrected chi connectivity index (χ3v) is 8.69. The summed E-state index contributed by atoms with van der Waals surface area (Å²) in [5, 5.41) is 15.5. The van der Waals surface area contributed by atoms with Gasteiger partial charge in [-0.2, -0.15) is 5.21 Å². The second-order valence-electron chi connectivity index (χ2n) is 6.41. The molecule has 2 aromatic heterocycles. The van der Waals surface area contributed by atoms with E-state index in [1.165, 1.54) is 15.6 Å². The van der Waals surface area contributed by atoms with Crippen molar-refractivity contribution in [3.05, 3.63) is 53.0 Å². The number of H-pyrrole nitrogens is 1. The van der Waals surface area contributed by atoms with Crippen molar-refractivity contribution < 1.29 is 8.42 Å². The van der Waals surface area contributed by atoms with Gasteiger partial charge in [0, 0.05) is 22.2 Å². The lowest BCUT2D eigenvalue weighted by Crippen LogP contribution is -2.31. The van der Waals surface area contributed by atoms with Gasteiger partial charge >= 0.3 is 0 Å². The van der Waals surface area contributed by atoms with Crippen LogP contribution in [0.4, 0.5) is 5.00 Å². The molecule has 0 aliphatic rings. The Kier molecular flexibility index (Phi) is 5.66. The molecule has 2 heterocycles. The molecule has 150 valence electrons. The summed E-state index contributed by atoms with van der Waals surface area (Å²) < 4.78 is 30.4. The third-order valence-electron chi connectivity index (χ3n) is 4.51. The average molecular weight is 492 g/mol. The molecule has 0 spiro atoms. The van der Waals surface area contributed by atoms with Gasteiger partial charge in [-0.05, 0) is 57.9 Å². The predicted molar refractivity (Wildman–Crippen MR) is 119 cm³/mol. The quantitative estimate of drug-likeness (QED) is 0.399. The van der Waals surface area contributed by atoms with Crippen LogP contribution < -0.4 is 4.31 Å². The van der Waals surface area contributed by atoms with Gasteiger partial charge in [0.05, 0.1) is 9.37 Å². The molecule has 0 saturated heterocycles. The molecule has 4 aromatic rings. The lowest BCUT2D eigenvalue weighted by atomic mass is 10.2. The molecular weight excluding hydrogens is 474 g/mol. The fourth-order valence-corrected chi connectivity index (χ4v) is 6.88. The van der Waals surface area contributed by atoms with Crippen LogP contribution in [0, 0.1) is 0 Å². The highest BCUT2D eigenvalue weighted by molar-refractivity contribution is 9.10. The molecule has 0 aliphatic carbocycles. The van der Waals surface area contributed by atoms with Crippen LogP contribution in [0.15, 0.2) is 57.9 Å². The van der Waals surface area contributed by atoms with Crippen molar-refractivity contribution in [3.63, 3.8) is 0 Å². The summed E-state index contributed by atoms with van der Waals surface area (Å²) in [6.45, 7) is 2.46. The number of unbranched alkanes of at least 4 members (excludes halogenated alkanes) is 1. The number of benzene rings is 2. The van der Waals surface area contributed by atoms with E-state index in [-0.39, 0.29) is 4.90 Å². The monoisotopic (exact) mass is 491 g/mol. The number of sulfonamides is 1. The van der Waals surface area contributed by atoms with Crippen molar-refractivity contribution in [3.8, 4) is 11.4 Å². The van der Waals surface area contributed by atoms with Gasteiger partial charge < -0.3 is 0 Å². The first-order valence-corrected chi connectivity index (χ1v) is 12.1. The normalized spacial score (nSPS) is 11.8. The van der Waals surface area contributed by atoms with Gasteiger partial charge in [0.2, 0.25) is 5.82 Å². The molecule has 0 aliphatic heterocycles. The van der Waals surface area contributed by atoms with Gasteiger partial charge in [0.15, 0.2) is 0 Å². The summed E-state index contributed by atoms with van der Waals surface area (Å²) in [5.74, 6) is 0.420. The predicted octanol–water partition coefficient (Wildman–Crippen LogP) is 4.84. The fraction of sp³-hybridized carbons (Fsp3) is 0.211. The molecule has 0 amide bonds. The summed E-state index contributed by atoms with van der Waals surface area (Å²) in [4.78, 5) is 0.227. The minimum absolute atomic E-state index is 0.227. The Morgan fingerprint density at radius 1 is 1.14 bits per heavy atom. The number of hydrogen-bond acceptors (Lipinski definition) is 6. The number of fused-ring (bicyclic) bond motifs is 1. The first-order valence-electron chi connectivity index (χ1n) is 9.06. The number of nitrogens with one attached hydrogen (secondary N) is 1. The van der Waals surface area contributed by atoms with Gasteiger partial charge in [-0.3, -0.25) is 4.31 Å². The van der Waals surface area contributed by atoms with E-state index in [4.69, 9.17) is 0 Å². The van der Waals surface area contributed by atoms with E-state index in [1.807, 2.05) is 31.2 Å².